The van der Waals surface area contributed by atoms with Crippen LogP contribution in [0.1, 0.15) is 12.0 Å². The summed E-state index contributed by atoms with van der Waals surface area (Å²) in [6.07, 6.45) is 3.58. The molecule has 3 rings (SSSR count). The number of benzene rings is 2. The summed E-state index contributed by atoms with van der Waals surface area (Å²) in [5.74, 6) is -0.983. The van der Waals surface area contributed by atoms with Crippen LogP contribution in [0.15, 0.2) is 72.1 Å². The van der Waals surface area contributed by atoms with Crippen molar-refractivity contribution in [1.29, 1.82) is 0 Å². The van der Waals surface area contributed by atoms with Crippen molar-refractivity contribution in [1.82, 2.24) is 9.55 Å². The van der Waals surface area contributed by atoms with Crippen molar-refractivity contribution >= 4 is 29.3 Å². The van der Waals surface area contributed by atoms with Gasteiger partial charge in [-0.1, -0.05) is 42.1 Å². The monoisotopic (exact) mass is 412 g/mol. The number of nitrogens with two attached hydrogens (primary N) is 1. The number of halogens is 1. The van der Waals surface area contributed by atoms with Gasteiger partial charge in [-0.2, -0.15) is 0 Å². The second-order valence-corrected chi connectivity index (χ2v) is 7.29. The summed E-state index contributed by atoms with van der Waals surface area (Å²) in [5.41, 5.74) is 6.88. The predicted molar refractivity (Wildman–Crippen MR) is 111 cm³/mol. The van der Waals surface area contributed by atoms with Crippen molar-refractivity contribution in [3.63, 3.8) is 0 Å². The molecule has 29 heavy (non-hydrogen) atoms. The molecule has 0 saturated heterocycles. The van der Waals surface area contributed by atoms with Gasteiger partial charge in [-0.3, -0.25) is 9.59 Å². The average molecular weight is 412 g/mol. The fourth-order valence-electron chi connectivity index (χ4n) is 2.78. The van der Waals surface area contributed by atoms with E-state index < -0.39 is 11.7 Å². The lowest BCUT2D eigenvalue weighted by atomic mass is 10.2. The lowest BCUT2D eigenvalue weighted by molar-refractivity contribution is -0.118. The number of carbonyl (C=O) groups is 2. The van der Waals surface area contributed by atoms with E-state index in [0.29, 0.717) is 12.2 Å². The molecule has 150 valence electrons. The minimum atomic E-state index is -0.504. The van der Waals surface area contributed by atoms with Gasteiger partial charge in [-0.05, 0) is 29.8 Å². The van der Waals surface area contributed by atoms with Gasteiger partial charge in [0.2, 0.25) is 11.8 Å². The summed E-state index contributed by atoms with van der Waals surface area (Å²) in [4.78, 5) is 29.8. The van der Waals surface area contributed by atoms with E-state index in [1.54, 1.807) is 6.20 Å². The smallest absolute Gasteiger partial charge is 0.237 e. The summed E-state index contributed by atoms with van der Waals surface area (Å²) in [5, 5.41) is 0.719. The summed E-state index contributed by atoms with van der Waals surface area (Å²) >= 11 is 1.31. The Morgan fingerprint density at radius 1 is 1.10 bits per heavy atom. The number of amides is 2. The molecule has 1 heterocycles. The average Bonchev–Trinajstić information content (AvgIpc) is 3.15. The van der Waals surface area contributed by atoms with Crippen molar-refractivity contribution in [2.24, 2.45) is 5.73 Å². The van der Waals surface area contributed by atoms with E-state index in [9.17, 15) is 14.0 Å². The third kappa shape index (κ3) is 5.92. The van der Waals surface area contributed by atoms with Crippen LogP contribution in [0.3, 0.4) is 0 Å². The zero-order chi connectivity index (χ0) is 20.6. The van der Waals surface area contributed by atoms with Gasteiger partial charge in [0.1, 0.15) is 5.82 Å². The van der Waals surface area contributed by atoms with Gasteiger partial charge >= 0.3 is 0 Å². The van der Waals surface area contributed by atoms with Gasteiger partial charge in [0.15, 0.2) is 5.16 Å². The minimum absolute atomic E-state index is 0.0242. The molecule has 2 amide bonds. The van der Waals surface area contributed by atoms with Crippen LogP contribution in [-0.2, 0) is 16.1 Å². The maximum atomic E-state index is 13.2. The molecule has 0 unspecified atom stereocenters. The van der Waals surface area contributed by atoms with E-state index in [1.165, 1.54) is 40.9 Å². The second-order valence-electron chi connectivity index (χ2n) is 6.35. The van der Waals surface area contributed by atoms with Gasteiger partial charge in [0, 0.05) is 37.6 Å². The summed E-state index contributed by atoms with van der Waals surface area (Å²) < 4.78 is 15.2. The van der Waals surface area contributed by atoms with Crippen LogP contribution in [0, 0.1) is 5.82 Å². The van der Waals surface area contributed by atoms with Crippen LogP contribution in [0.25, 0.3) is 0 Å². The number of rotatable bonds is 9. The van der Waals surface area contributed by atoms with Crippen LogP contribution in [-0.4, -0.2) is 33.7 Å². The van der Waals surface area contributed by atoms with Crippen LogP contribution >= 0.6 is 11.8 Å². The number of hydrogen-bond donors (Lipinski definition) is 1. The molecule has 0 saturated carbocycles. The lowest BCUT2D eigenvalue weighted by Gasteiger charge is -2.22. The Morgan fingerprint density at radius 3 is 2.52 bits per heavy atom. The van der Waals surface area contributed by atoms with E-state index in [1.807, 2.05) is 41.1 Å². The van der Waals surface area contributed by atoms with E-state index >= 15 is 0 Å². The maximum absolute atomic E-state index is 13.2. The lowest BCUT2D eigenvalue weighted by Crippen LogP contribution is -2.35. The molecule has 0 spiro atoms. The van der Waals surface area contributed by atoms with Crippen LogP contribution in [0.2, 0.25) is 0 Å². The van der Waals surface area contributed by atoms with Gasteiger partial charge in [0.05, 0.1) is 5.75 Å². The molecule has 0 fully saturated rings. The molecule has 0 bridgehead atoms. The zero-order valence-electron chi connectivity index (χ0n) is 15.7. The maximum Gasteiger partial charge on any atom is 0.237 e. The van der Waals surface area contributed by atoms with Crippen molar-refractivity contribution in [3.05, 3.63) is 78.4 Å². The highest BCUT2D eigenvalue weighted by Gasteiger charge is 2.18. The summed E-state index contributed by atoms with van der Waals surface area (Å²) in [6, 6.07) is 15.5. The second kappa shape index (κ2) is 9.88. The van der Waals surface area contributed by atoms with E-state index in [0.717, 1.165) is 10.7 Å². The number of carbonyl (C=O) groups excluding carboxylic acids is 2. The first kappa shape index (κ1) is 20.6. The van der Waals surface area contributed by atoms with Crippen molar-refractivity contribution < 1.29 is 14.0 Å². The number of thioether (sulfide) groups is 1. The molecule has 1 aromatic heterocycles. The molecule has 0 atom stereocenters. The largest absolute Gasteiger partial charge is 0.370 e. The third-order valence-corrected chi connectivity index (χ3v) is 5.21. The number of primary amides is 1. The number of hydrogen-bond acceptors (Lipinski definition) is 4. The fourth-order valence-corrected chi connectivity index (χ4v) is 3.62. The molecule has 0 aliphatic heterocycles. The van der Waals surface area contributed by atoms with E-state index in [2.05, 4.69) is 4.98 Å². The highest BCUT2D eigenvalue weighted by Crippen LogP contribution is 2.21. The van der Waals surface area contributed by atoms with Crippen molar-refractivity contribution in [2.75, 3.05) is 17.2 Å². The first-order valence-corrected chi connectivity index (χ1v) is 10.0. The molecule has 8 heteroatoms. The third-order valence-electron chi connectivity index (χ3n) is 4.22. The van der Waals surface area contributed by atoms with Crippen LogP contribution in [0.5, 0.6) is 0 Å². The number of anilines is 1. The Labute approximate surface area is 172 Å². The number of aromatic nitrogens is 2. The topological polar surface area (TPSA) is 81.2 Å². The SMILES string of the molecule is NC(=O)CCN(C(=O)CSc1nccn1Cc1ccccc1)c1ccc(F)cc1. The Bertz CT molecular complexity index is 960. The number of nitrogens with zero attached hydrogens (tertiary/aromatic N) is 3. The molecular weight excluding hydrogens is 391 g/mol. The highest BCUT2D eigenvalue weighted by atomic mass is 32.2. The van der Waals surface area contributed by atoms with Gasteiger partial charge in [-0.25, -0.2) is 9.37 Å². The Balaban J connectivity index is 1.68. The number of imidazole rings is 1. The Kier molecular flexibility index (Phi) is 7.02. The summed E-state index contributed by atoms with van der Waals surface area (Å²) in [7, 11) is 0. The fraction of sp³-hybridized carbons (Fsp3) is 0.190. The van der Waals surface area contributed by atoms with Gasteiger partial charge in [-0.15, -0.1) is 0 Å². The molecule has 0 aliphatic rings. The minimum Gasteiger partial charge on any atom is -0.370 e. The first-order valence-electron chi connectivity index (χ1n) is 9.05. The van der Waals surface area contributed by atoms with Crippen LogP contribution < -0.4 is 10.6 Å². The summed E-state index contributed by atoms with van der Waals surface area (Å²) in [6.45, 7) is 0.791. The normalized spacial score (nSPS) is 10.7. The van der Waals surface area contributed by atoms with Crippen molar-refractivity contribution in [2.45, 2.75) is 18.1 Å². The molecular formula is C21H21FN4O2S. The molecule has 0 aliphatic carbocycles. The standard InChI is InChI=1S/C21H21FN4O2S/c22-17-6-8-18(9-7-17)26(12-10-19(23)27)20(28)15-29-21-24-11-13-25(21)14-16-4-2-1-3-5-16/h1-9,11,13H,10,12,14-15H2,(H2,23,27). The van der Waals surface area contributed by atoms with Gasteiger partial charge < -0.3 is 15.2 Å². The predicted octanol–water partition coefficient (Wildman–Crippen LogP) is 3.07. The Morgan fingerprint density at radius 2 is 1.83 bits per heavy atom. The van der Waals surface area contributed by atoms with E-state index in [-0.39, 0.29) is 24.6 Å². The first-order chi connectivity index (χ1) is 14.0. The zero-order valence-corrected chi connectivity index (χ0v) is 16.5. The van der Waals surface area contributed by atoms with Crippen LogP contribution in [0.4, 0.5) is 10.1 Å². The van der Waals surface area contributed by atoms with E-state index in [4.69, 9.17) is 5.73 Å². The molecule has 3 aromatic rings. The van der Waals surface area contributed by atoms with Gasteiger partial charge in [0.25, 0.3) is 0 Å². The van der Waals surface area contributed by atoms with Crippen molar-refractivity contribution in [3.8, 4) is 0 Å². The molecule has 2 N–H and O–H groups in total. The molecule has 2 aromatic carbocycles. The highest BCUT2D eigenvalue weighted by molar-refractivity contribution is 7.99. The Hall–Kier alpha value is -3.13. The quantitative estimate of drug-likeness (QED) is 0.548. The molecule has 6 nitrogen and oxygen atoms in total. The molecule has 0 radical (unpaired) electrons.